The van der Waals surface area contributed by atoms with Crippen LogP contribution in [0, 0.1) is 0 Å². The molecule has 2 aromatic carbocycles. The zero-order valence-electron chi connectivity index (χ0n) is 14.2. The lowest BCUT2D eigenvalue weighted by Crippen LogP contribution is -2.48. The van der Waals surface area contributed by atoms with Crippen LogP contribution in [0.4, 0.5) is 0 Å². The smallest absolute Gasteiger partial charge is 0.185 e. The van der Waals surface area contributed by atoms with Crippen molar-refractivity contribution in [3.63, 3.8) is 0 Å². The number of benzene rings is 2. The van der Waals surface area contributed by atoms with Gasteiger partial charge >= 0.3 is 0 Å². The molecule has 120 valence electrons. The van der Waals surface area contributed by atoms with Gasteiger partial charge in [-0.25, -0.2) is 0 Å². The molecule has 0 aromatic heterocycles. The molecule has 1 heterocycles. The third-order valence-corrected chi connectivity index (χ3v) is 5.13. The van der Waals surface area contributed by atoms with E-state index in [1.165, 1.54) is 11.1 Å². The molecule has 0 N–H and O–H groups in total. The van der Waals surface area contributed by atoms with E-state index in [0.29, 0.717) is 0 Å². The Morgan fingerprint density at radius 3 is 1.83 bits per heavy atom. The summed E-state index contributed by atoms with van der Waals surface area (Å²) in [5, 5.41) is 0. The Hall–Kier alpha value is -1.71. The number of rotatable bonds is 5. The average molecular weight is 324 g/mol. The quantitative estimate of drug-likeness (QED) is 0.708. The number of hydrogen-bond acceptors (Lipinski definition) is 2. The molecule has 0 radical (unpaired) electrons. The summed E-state index contributed by atoms with van der Waals surface area (Å²) < 4.78 is 6.91. The van der Waals surface area contributed by atoms with Crippen molar-refractivity contribution in [2.75, 3.05) is 0 Å². The summed E-state index contributed by atoms with van der Waals surface area (Å²) in [6.07, 6.45) is 4.12. The Labute approximate surface area is 140 Å². The molecule has 3 heteroatoms. The second kappa shape index (κ2) is 6.42. The average Bonchev–Trinajstić information content (AvgIpc) is 3.08. The van der Waals surface area contributed by atoms with Gasteiger partial charge in [0.1, 0.15) is 5.60 Å². The Balaban J connectivity index is 2.22. The van der Waals surface area contributed by atoms with Gasteiger partial charge in [0.2, 0.25) is 0 Å². The van der Waals surface area contributed by atoms with Crippen molar-refractivity contribution >= 4 is 14.5 Å². The molecule has 23 heavy (non-hydrogen) atoms. The van der Waals surface area contributed by atoms with Crippen LogP contribution >= 0.6 is 0 Å². The fraction of sp³-hybridized carbons (Fsp3) is 0.350. The highest BCUT2D eigenvalue weighted by atomic mass is 28.4. The number of nitrogens with zero attached hydrogens (tertiary/aromatic N) is 1. The van der Waals surface area contributed by atoms with Crippen molar-refractivity contribution in [3.05, 3.63) is 71.8 Å². The molecular formula is C20H25NOSi. The molecule has 0 fully saturated rings. The summed E-state index contributed by atoms with van der Waals surface area (Å²) in [4.78, 5) is 4.82. The summed E-state index contributed by atoms with van der Waals surface area (Å²) in [5.41, 5.74) is 1.93. The third kappa shape index (κ3) is 3.31. The second-order valence-corrected chi connectivity index (χ2v) is 11.5. The number of hydrogen-bond donors (Lipinski definition) is 0. The molecule has 0 spiro atoms. The van der Waals surface area contributed by atoms with Crippen LogP contribution in [-0.2, 0) is 10.0 Å². The highest BCUT2D eigenvalue weighted by Crippen LogP contribution is 2.43. The highest BCUT2D eigenvalue weighted by molar-refractivity contribution is 6.69. The van der Waals surface area contributed by atoms with Gasteiger partial charge in [0.25, 0.3) is 0 Å². The number of aliphatic imine (C=N–C) groups is 1. The van der Waals surface area contributed by atoms with Gasteiger partial charge < -0.3 is 4.43 Å². The lowest BCUT2D eigenvalue weighted by atomic mass is 9.79. The van der Waals surface area contributed by atoms with Gasteiger partial charge in [-0.2, -0.15) is 0 Å². The zero-order valence-corrected chi connectivity index (χ0v) is 15.2. The Morgan fingerprint density at radius 2 is 1.43 bits per heavy atom. The summed E-state index contributed by atoms with van der Waals surface area (Å²) in [5.74, 6) is 0. The third-order valence-electron chi connectivity index (χ3n) is 4.20. The van der Waals surface area contributed by atoms with E-state index in [0.717, 1.165) is 12.8 Å². The fourth-order valence-electron chi connectivity index (χ4n) is 3.41. The molecular weight excluding hydrogens is 298 g/mol. The maximum atomic E-state index is 6.91. The lowest BCUT2D eigenvalue weighted by Gasteiger charge is -2.43. The van der Waals surface area contributed by atoms with Gasteiger partial charge in [0, 0.05) is 0 Å². The van der Waals surface area contributed by atoms with Gasteiger partial charge in [-0.1, -0.05) is 60.7 Å². The molecule has 2 nitrogen and oxygen atoms in total. The molecule has 2 aromatic rings. The molecule has 0 saturated carbocycles. The first kappa shape index (κ1) is 16.2. The minimum Gasteiger partial charge on any atom is -0.402 e. The van der Waals surface area contributed by atoms with Crippen LogP contribution in [0.25, 0.3) is 0 Å². The van der Waals surface area contributed by atoms with Gasteiger partial charge in [-0.05, 0) is 49.8 Å². The van der Waals surface area contributed by atoms with E-state index in [9.17, 15) is 0 Å². The van der Waals surface area contributed by atoms with E-state index in [1.54, 1.807) is 0 Å². The van der Waals surface area contributed by atoms with Crippen LogP contribution in [0.15, 0.2) is 65.7 Å². The first-order valence-electron chi connectivity index (χ1n) is 8.35. The molecule has 0 amide bonds. The van der Waals surface area contributed by atoms with E-state index >= 15 is 0 Å². The molecule has 1 atom stereocenters. The fourth-order valence-corrected chi connectivity index (χ4v) is 4.75. The van der Waals surface area contributed by atoms with Crippen molar-refractivity contribution in [2.45, 2.75) is 44.1 Å². The van der Waals surface area contributed by atoms with Crippen LogP contribution in [0.3, 0.4) is 0 Å². The van der Waals surface area contributed by atoms with Crippen LogP contribution in [0.2, 0.25) is 19.6 Å². The van der Waals surface area contributed by atoms with E-state index in [4.69, 9.17) is 9.42 Å². The van der Waals surface area contributed by atoms with Crippen molar-refractivity contribution in [1.29, 1.82) is 0 Å². The SMILES string of the molecule is C[Si](C)(C)OC(c1ccccc1)(c1ccccc1)[C@@H]1CCC=N1. The van der Waals surface area contributed by atoms with Crippen LogP contribution in [0.5, 0.6) is 0 Å². The summed E-state index contributed by atoms with van der Waals surface area (Å²) in [6.45, 7) is 6.77. The summed E-state index contributed by atoms with van der Waals surface area (Å²) in [6, 6.07) is 21.4. The van der Waals surface area contributed by atoms with E-state index in [2.05, 4.69) is 86.5 Å². The van der Waals surface area contributed by atoms with Gasteiger partial charge in [-0.3, -0.25) is 4.99 Å². The highest BCUT2D eigenvalue weighted by Gasteiger charge is 2.46. The predicted molar refractivity (Wildman–Crippen MR) is 99.6 cm³/mol. The molecule has 1 aliphatic heterocycles. The maximum Gasteiger partial charge on any atom is 0.185 e. The Morgan fingerprint density at radius 1 is 0.913 bits per heavy atom. The molecule has 0 bridgehead atoms. The Kier molecular flexibility index (Phi) is 4.51. The van der Waals surface area contributed by atoms with E-state index < -0.39 is 13.9 Å². The maximum absolute atomic E-state index is 6.91. The topological polar surface area (TPSA) is 21.6 Å². The summed E-state index contributed by atoms with van der Waals surface area (Å²) in [7, 11) is -1.80. The van der Waals surface area contributed by atoms with Crippen molar-refractivity contribution < 1.29 is 4.43 Å². The lowest BCUT2D eigenvalue weighted by molar-refractivity contribution is 0.0732. The van der Waals surface area contributed by atoms with Crippen LogP contribution in [0.1, 0.15) is 24.0 Å². The largest absolute Gasteiger partial charge is 0.402 e. The first-order valence-corrected chi connectivity index (χ1v) is 11.8. The van der Waals surface area contributed by atoms with E-state index in [-0.39, 0.29) is 6.04 Å². The zero-order chi connectivity index (χ0) is 16.3. The van der Waals surface area contributed by atoms with E-state index in [1.807, 2.05) is 0 Å². The molecule has 3 rings (SSSR count). The van der Waals surface area contributed by atoms with Crippen LogP contribution < -0.4 is 0 Å². The van der Waals surface area contributed by atoms with Crippen molar-refractivity contribution in [1.82, 2.24) is 0 Å². The molecule has 1 aliphatic rings. The van der Waals surface area contributed by atoms with Gasteiger partial charge in [-0.15, -0.1) is 0 Å². The monoisotopic (exact) mass is 323 g/mol. The Bertz CT molecular complexity index is 622. The van der Waals surface area contributed by atoms with Crippen molar-refractivity contribution in [3.8, 4) is 0 Å². The molecule has 0 aliphatic carbocycles. The van der Waals surface area contributed by atoms with Gasteiger partial charge in [0.05, 0.1) is 6.04 Å². The summed E-state index contributed by atoms with van der Waals surface area (Å²) >= 11 is 0. The van der Waals surface area contributed by atoms with Crippen LogP contribution in [-0.4, -0.2) is 20.6 Å². The molecule has 0 saturated heterocycles. The second-order valence-electron chi connectivity index (χ2n) is 7.11. The molecule has 0 unspecified atom stereocenters. The van der Waals surface area contributed by atoms with Crippen molar-refractivity contribution in [2.24, 2.45) is 4.99 Å². The predicted octanol–water partition coefficient (Wildman–Crippen LogP) is 5.01. The minimum atomic E-state index is -1.80. The standard InChI is InChI=1S/C20H25NOSi/c1-23(2,3)22-20(19-15-10-16-21-19,17-11-6-4-7-12-17)18-13-8-5-9-14-18/h4-9,11-14,16,19H,10,15H2,1-3H3/t19-/m0/s1. The van der Waals surface area contributed by atoms with Gasteiger partial charge in [0.15, 0.2) is 8.32 Å². The minimum absolute atomic E-state index is 0.138. The first-order chi connectivity index (χ1) is 11.0. The normalized spacial score (nSPS) is 18.3.